The van der Waals surface area contributed by atoms with Crippen LogP contribution in [-0.2, 0) is 11.3 Å². The molecule has 1 N–H and O–H groups in total. The maximum absolute atomic E-state index is 11.4. The van der Waals surface area contributed by atoms with E-state index in [1.165, 1.54) is 20.0 Å². The number of hydrogen-bond donors (Lipinski definition) is 1. The van der Waals surface area contributed by atoms with Crippen LogP contribution in [0.5, 0.6) is 0 Å². The van der Waals surface area contributed by atoms with Crippen LogP contribution < -0.4 is 0 Å². The number of carbonyl (C=O) groups excluding carboxylic acids is 1. The van der Waals surface area contributed by atoms with Crippen LogP contribution in [0.4, 0.5) is 0 Å². The lowest BCUT2D eigenvalue weighted by molar-refractivity contribution is 0.0600. The highest BCUT2D eigenvalue weighted by molar-refractivity contribution is 9.10. The molecule has 0 bridgehead atoms. The molecule has 1 aromatic rings. The molecule has 4 nitrogen and oxygen atoms in total. The van der Waals surface area contributed by atoms with Crippen LogP contribution in [0.2, 0.25) is 0 Å². The second kappa shape index (κ2) is 6.50. The van der Waals surface area contributed by atoms with Crippen molar-refractivity contribution in [3.8, 4) is 0 Å². The summed E-state index contributed by atoms with van der Waals surface area (Å²) in [5, 5.41) is 9.09. The Morgan fingerprint density at radius 3 is 2.79 bits per heavy atom. The Bertz CT molecular complexity index is 460. The summed E-state index contributed by atoms with van der Waals surface area (Å²) >= 11 is 3.50. The summed E-state index contributed by atoms with van der Waals surface area (Å²) in [4.78, 5) is 13.7. The van der Waals surface area contributed by atoms with Gasteiger partial charge in [0.15, 0.2) is 0 Å². The van der Waals surface area contributed by atoms with Gasteiger partial charge in [0.1, 0.15) is 0 Å². The quantitative estimate of drug-likeness (QED) is 0.814. The molecule has 1 fully saturated rings. The number of halogens is 1. The first kappa shape index (κ1) is 14.5. The van der Waals surface area contributed by atoms with Gasteiger partial charge in [-0.1, -0.05) is 22.0 Å². The molecular weight excluding hydrogens is 310 g/mol. The van der Waals surface area contributed by atoms with Crippen LogP contribution in [0.1, 0.15) is 28.8 Å². The van der Waals surface area contributed by atoms with E-state index in [4.69, 9.17) is 9.84 Å². The lowest BCUT2D eigenvalue weighted by Gasteiger charge is -2.21. The van der Waals surface area contributed by atoms with E-state index in [2.05, 4.69) is 20.8 Å². The van der Waals surface area contributed by atoms with Gasteiger partial charge in [-0.2, -0.15) is 0 Å². The lowest BCUT2D eigenvalue weighted by Crippen LogP contribution is -2.28. The molecule has 5 heteroatoms. The van der Waals surface area contributed by atoms with Gasteiger partial charge >= 0.3 is 5.97 Å². The molecule has 104 valence electrons. The van der Waals surface area contributed by atoms with Gasteiger partial charge < -0.3 is 9.84 Å². The highest BCUT2D eigenvalue weighted by Crippen LogP contribution is 2.29. The van der Waals surface area contributed by atoms with E-state index in [9.17, 15) is 4.79 Å². The van der Waals surface area contributed by atoms with E-state index < -0.39 is 0 Å². The Balaban J connectivity index is 2.09. The van der Waals surface area contributed by atoms with Gasteiger partial charge in [-0.15, -0.1) is 0 Å². The van der Waals surface area contributed by atoms with Crippen molar-refractivity contribution in [2.24, 2.45) is 0 Å². The normalized spacial score (nSPS) is 14.7. The number of methoxy groups -OCH3 is 1. The van der Waals surface area contributed by atoms with E-state index in [0.29, 0.717) is 18.2 Å². The van der Waals surface area contributed by atoms with Gasteiger partial charge in [0.25, 0.3) is 0 Å². The van der Waals surface area contributed by atoms with E-state index in [-0.39, 0.29) is 12.6 Å². The molecule has 0 aliphatic heterocycles. The summed E-state index contributed by atoms with van der Waals surface area (Å²) in [5.41, 5.74) is 1.66. The molecule has 1 aliphatic carbocycles. The number of rotatable bonds is 6. The van der Waals surface area contributed by atoms with Gasteiger partial charge in [0.2, 0.25) is 0 Å². The second-order valence-electron chi connectivity index (χ2n) is 4.72. The first-order valence-corrected chi connectivity index (χ1v) is 7.16. The smallest absolute Gasteiger partial charge is 0.337 e. The van der Waals surface area contributed by atoms with Gasteiger partial charge in [0, 0.05) is 23.6 Å². The lowest BCUT2D eigenvalue weighted by atomic mass is 10.1. The van der Waals surface area contributed by atoms with Crippen molar-refractivity contribution < 1.29 is 14.6 Å². The van der Waals surface area contributed by atoms with E-state index in [1.54, 1.807) is 12.1 Å². The van der Waals surface area contributed by atoms with Crippen LogP contribution in [0.3, 0.4) is 0 Å². The molecule has 0 unspecified atom stereocenters. The fourth-order valence-corrected chi connectivity index (χ4v) is 2.60. The molecule has 0 radical (unpaired) electrons. The number of esters is 1. The second-order valence-corrected chi connectivity index (χ2v) is 5.58. The summed E-state index contributed by atoms with van der Waals surface area (Å²) in [6.45, 7) is 1.65. The number of benzene rings is 1. The zero-order valence-corrected chi connectivity index (χ0v) is 12.5. The predicted molar refractivity (Wildman–Crippen MR) is 76.0 cm³/mol. The number of ether oxygens (including phenoxy) is 1. The summed E-state index contributed by atoms with van der Waals surface area (Å²) in [5.74, 6) is -0.332. The van der Waals surface area contributed by atoms with Crippen LogP contribution in [0, 0.1) is 0 Å². The highest BCUT2D eigenvalue weighted by Gasteiger charge is 2.28. The third-order valence-electron chi connectivity index (χ3n) is 3.30. The van der Waals surface area contributed by atoms with Gasteiger partial charge in [-0.25, -0.2) is 4.79 Å². The summed E-state index contributed by atoms with van der Waals surface area (Å²) < 4.78 is 5.60. The topological polar surface area (TPSA) is 49.8 Å². The third-order valence-corrected chi connectivity index (χ3v) is 4.04. The molecule has 1 saturated carbocycles. The molecule has 19 heavy (non-hydrogen) atoms. The highest BCUT2D eigenvalue weighted by atomic mass is 79.9. The molecule has 0 aromatic heterocycles. The molecule has 1 aliphatic rings. The largest absolute Gasteiger partial charge is 0.465 e. The first-order valence-electron chi connectivity index (χ1n) is 6.37. The Morgan fingerprint density at radius 2 is 2.26 bits per heavy atom. The SMILES string of the molecule is COC(=O)c1ccc(CN(CCO)C2CC2)c(Br)c1. The summed E-state index contributed by atoms with van der Waals surface area (Å²) in [7, 11) is 1.38. The van der Waals surface area contributed by atoms with Crippen molar-refractivity contribution in [1.29, 1.82) is 0 Å². The third kappa shape index (κ3) is 3.78. The van der Waals surface area contributed by atoms with Gasteiger partial charge in [0.05, 0.1) is 19.3 Å². The van der Waals surface area contributed by atoms with Crippen molar-refractivity contribution in [1.82, 2.24) is 4.90 Å². The number of carbonyl (C=O) groups is 1. The average molecular weight is 328 g/mol. The number of hydrogen-bond acceptors (Lipinski definition) is 4. The van der Waals surface area contributed by atoms with E-state index in [1.807, 2.05) is 6.07 Å². The number of nitrogens with zero attached hydrogens (tertiary/aromatic N) is 1. The molecule has 0 amide bonds. The van der Waals surface area contributed by atoms with Gasteiger partial charge in [-0.3, -0.25) is 4.90 Å². The molecule has 0 heterocycles. The molecule has 2 rings (SSSR count). The minimum atomic E-state index is -0.332. The molecular formula is C14H18BrNO3. The van der Waals surface area contributed by atoms with Crippen molar-refractivity contribution in [2.75, 3.05) is 20.3 Å². The monoisotopic (exact) mass is 327 g/mol. The van der Waals surface area contributed by atoms with E-state index >= 15 is 0 Å². The first-order chi connectivity index (χ1) is 9.15. The van der Waals surface area contributed by atoms with Crippen LogP contribution >= 0.6 is 15.9 Å². The van der Waals surface area contributed by atoms with Gasteiger partial charge in [-0.05, 0) is 30.5 Å². The fourth-order valence-electron chi connectivity index (χ4n) is 2.10. The number of aliphatic hydroxyl groups excluding tert-OH is 1. The zero-order chi connectivity index (χ0) is 13.8. The minimum absolute atomic E-state index is 0.175. The molecule has 1 aromatic carbocycles. The van der Waals surface area contributed by atoms with Crippen LogP contribution in [0.15, 0.2) is 22.7 Å². The predicted octanol–water partition coefficient (Wildman–Crippen LogP) is 2.19. The van der Waals surface area contributed by atoms with Crippen molar-refractivity contribution >= 4 is 21.9 Å². The standard InChI is InChI=1S/C14H18BrNO3/c1-19-14(18)10-2-3-11(13(15)8-10)9-16(6-7-17)12-4-5-12/h2-3,8,12,17H,4-7,9H2,1H3. The molecule has 0 atom stereocenters. The summed E-state index contributed by atoms with van der Waals surface area (Å²) in [6.07, 6.45) is 2.41. The fraction of sp³-hybridized carbons (Fsp3) is 0.500. The molecule has 0 spiro atoms. The van der Waals surface area contributed by atoms with E-state index in [0.717, 1.165) is 16.6 Å². The van der Waals surface area contributed by atoms with Crippen LogP contribution in [-0.4, -0.2) is 42.3 Å². The zero-order valence-electron chi connectivity index (χ0n) is 10.9. The summed E-state index contributed by atoms with van der Waals surface area (Å²) in [6, 6.07) is 6.09. The van der Waals surface area contributed by atoms with Crippen molar-refractivity contribution in [2.45, 2.75) is 25.4 Å². The Hall–Kier alpha value is -0.910. The maximum atomic E-state index is 11.4. The van der Waals surface area contributed by atoms with Crippen molar-refractivity contribution in [3.63, 3.8) is 0 Å². The minimum Gasteiger partial charge on any atom is -0.465 e. The number of aliphatic hydroxyl groups is 1. The molecule has 0 saturated heterocycles. The van der Waals surface area contributed by atoms with Crippen LogP contribution in [0.25, 0.3) is 0 Å². The Morgan fingerprint density at radius 1 is 1.53 bits per heavy atom. The Kier molecular flexibility index (Phi) is 4.96. The Labute approximate surface area is 121 Å². The average Bonchev–Trinajstić information content (AvgIpc) is 3.23. The maximum Gasteiger partial charge on any atom is 0.337 e. The van der Waals surface area contributed by atoms with Crippen molar-refractivity contribution in [3.05, 3.63) is 33.8 Å².